The number of carbonyl (C=O) groups is 1. The van der Waals surface area contributed by atoms with Crippen molar-refractivity contribution in [3.05, 3.63) is 36.0 Å². The van der Waals surface area contributed by atoms with Crippen LogP contribution < -0.4 is 10.1 Å². The molecule has 6 nitrogen and oxygen atoms in total. The summed E-state index contributed by atoms with van der Waals surface area (Å²) in [6.45, 7) is 0.998. The molecule has 0 aliphatic carbocycles. The number of hydrogen-bond acceptors (Lipinski definition) is 6. The number of benzene rings is 1. The predicted molar refractivity (Wildman–Crippen MR) is 73.1 cm³/mol. The Hall–Kier alpha value is -2.52. The first kappa shape index (κ1) is 15.5. The number of hydrogen-bond donors (Lipinski definition) is 1. The number of nitriles is 1. The second kappa shape index (κ2) is 8.56. The van der Waals surface area contributed by atoms with E-state index in [9.17, 15) is 4.79 Å². The Kier molecular flexibility index (Phi) is 6.65. The van der Waals surface area contributed by atoms with Crippen LogP contribution in [0.15, 0.2) is 36.0 Å². The first-order chi connectivity index (χ1) is 9.71. The van der Waals surface area contributed by atoms with E-state index in [0.29, 0.717) is 19.0 Å². The minimum atomic E-state index is -0.681. The molecule has 0 spiro atoms. The average molecular weight is 276 g/mol. The highest BCUT2D eigenvalue weighted by Gasteiger charge is 2.07. The van der Waals surface area contributed by atoms with Crippen molar-refractivity contribution in [2.45, 2.75) is 0 Å². The number of nitrogens with one attached hydrogen (secondary N) is 1. The molecule has 0 atom stereocenters. The van der Waals surface area contributed by atoms with E-state index in [4.69, 9.17) is 14.7 Å². The Bertz CT molecular complexity index is 503. The highest BCUT2D eigenvalue weighted by atomic mass is 16.5. The Morgan fingerprint density at radius 1 is 1.30 bits per heavy atom. The van der Waals surface area contributed by atoms with Crippen LogP contribution in [0.4, 0.5) is 5.69 Å². The smallest absolute Gasteiger partial charge is 0.350 e. The number of methoxy groups -OCH3 is 2. The third kappa shape index (κ3) is 5.00. The van der Waals surface area contributed by atoms with Crippen LogP contribution in [0.2, 0.25) is 0 Å². The van der Waals surface area contributed by atoms with Crippen LogP contribution >= 0.6 is 0 Å². The van der Waals surface area contributed by atoms with Gasteiger partial charge in [-0.05, 0) is 24.3 Å². The summed E-state index contributed by atoms with van der Waals surface area (Å²) < 4.78 is 14.8. The maximum absolute atomic E-state index is 11.2. The van der Waals surface area contributed by atoms with Gasteiger partial charge in [0.15, 0.2) is 5.57 Å². The molecule has 0 bridgehead atoms. The third-order valence-corrected chi connectivity index (χ3v) is 2.32. The topological polar surface area (TPSA) is 80.6 Å². The highest BCUT2D eigenvalue weighted by Crippen LogP contribution is 2.16. The molecule has 6 heteroatoms. The van der Waals surface area contributed by atoms with Gasteiger partial charge < -0.3 is 19.5 Å². The van der Waals surface area contributed by atoms with E-state index in [0.717, 1.165) is 5.69 Å². The van der Waals surface area contributed by atoms with Gasteiger partial charge in [0.1, 0.15) is 18.4 Å². The quantitative estimate of drug-likeness (QED) is 0.353. The van der Waals surface area contributed by atoms with E-state index in [2.05, 4.69) is 10.1 Å². The van der Waals surface area contributed by atoms with Crippen molar-refractivity contribution >= 4 is 11.7 Å². The fourth-order valence-electron chi connectivity index (χ4n) is 1.29. The van der Waals surface area contributed by atoms with Gasteiger partial charge in [0.2, 0.25) is 0 Å². The molecule has 0 fully saturated rings. The molecular formula is C14H16N2O4. The van der Waals surface area contributed by atoms with E-state index in [-0.39, 0.29) is 5.57 Å². The first-order valence-electron chi connectivity index (χ1n) is 5.88. The Balaban J connectivity index is 2.59. The van der Waals surface area contributed by atoms with Gasteiger partial charge >= 0.3 is 5.97 Å². The van der Waals surface area contributed by atoms with Crippen LogP contribution in [0.1, 0.15) is 0 Å². The zero-order chi connectivity index (χ0) is 14.8. The molecule has 0 aliphatic rings. The monoisotopic (exact) mass is 276 g/mol. The molecule has 0 radical (unpaired) electrons. The largest absolute Gasteiger partial charge is 0.491 e. The van der Waals surface area contributed by atoms with Crippen LogP contribution in [0.25, 0.3) is 0 Å². The maximum Gasteiger partial charge on any atom is 0.350 e. The lowest BCUT2D eigenvalue weighted by molar-refractivity contribution is -0.135. The van der Waals surface area contributed by atoms with Crippen LogP contribution in [-0.4, -0.2) is 33.4 Å². The summed E-state index contributed by atoms with van der Waals surface area (Å²) in [5.74, 6) is 0.0320. The molecule has 0 aliphatic heterocycles. The summed E-state index contributed by atoms with van der Waals surface area (Å²) in [6, 6.07) is 8.84. The summed E-state index contributed by atoms with van der Waals surface area (Å²) in [5.41, 5.74) is 0.619. The van der Waals surface area contributed by atoms with Crippen molar-refractivity contribution in [2.24, 2.45) is 0 Å². The summed E-state index contributed by atoms with van der Waals surface area (Å²) in [4.78, 5) is 11.2. The summed E-state index contributed by atoms with van der Waals surface area (Å²) in [7, 11) is 2.83. The van der Waals surface area contributed by atoms with Crippen LogP contribution in [0.5, 0.6) is 5.75 Å². The lowest BCUT2D eigenvalue weighted by Crippen LogP contribution is -2.05. The van der Waals surface area contributed by atoms with E-state index < -0.39 is 5.97 Å². The second-order valence-corrected chi connectivity index (χ2v) is 3.67. The van der Waals surface area contributed by atoms with Gasteiger partial charge in [-0.2, -0.15) is 5.26 Å². The zero-order valence-corrected chi connectivity index (χ0v) is 11.4. The molecule has 0 saturated heterocycles. The molecule has 20 heavy (non-hydrogen) atoms. The molecule has 0 amide bonds. The minimum absolute atomic E-state index is 0.104. The molecule has 0 saturated carbocycles. The molecule has 106 valence electrons. The van der Waals surface area contributed by atoms with Gasteiger partial charge in [-0.15, -0.1) is 0 Å². The summed E-state index contributed by atoms with van der Waals surface area (Å²) in [5, 5.41) is 11.6. The van der Waals surface area contributed by atoms with Crippen molar-refractivity contribution < 1.29 is 19.0 Å². The predicted octanol–water partition coefficient (Wildman–Crippen LogP) is 1.70. The van der Waals surface area contributed by atoms with E-state index in [1.54, 1.807) is 37.4 Å². The lowest BCUT2D eigenvalue weighted by atomic mass is 10.3. The molecule has 0 aromatic heterocycles. The SMILES string of the molecule is COCCOc1ccc(N/C=C(\C#N)C(=O)OC)cc1. The standard InChI is InChI=1S/C14H16N2O4/c1-18-7-8-20-13-5-3-12(4-6-13)16-10-11(9-15)14(17)19-2/h3-6,10,16H,7-8H2,1-2H3/b11-10+. The molecule has 1 aromatic rings. The lowest BCUT2D eigenvalue weighted by Gasteiger charge is -2.06. The molecule has 0 heterocycles. The first-order valence-corrected chi connectivity index (χ1v) is 5.88. The van der Waals surface area contributed by atoms with E-state index in [1.165, 1.54) is 13.3 Å². The molecule has 1 rings (SSSR count). The van der Waals surface area contributed by atoms with E-state index in [1.807, 2.05) is 0 Å². The molecular weight excluding hydrogens is 260 g/mol. The summed E-state index contributed by atoms with van der Waals surface area (Å²) in [6.07, 6.45) is 1.30. The second-order valence-electron chi connectivity index (χ2n) is 3.67. The molecule has 0 unspecified atom stereocenters. The van der Waals surface area contributed by atoms with Crippen LogP contribution in [0, 0.1) is 11.3 Å². The number of esters is 1. The van der Waals surface area contributed by atoms with Gasteiger partial charge in [-0.1, -0.05) is 0 Å². The normalized spacial score (nSPS) is 10.6. The third-order valence-electron chi connectivity index (χ3n) is 2.32. The van der Waals surface area contributed by atoms with Crippen molar-refractivity contribution in [3.63, 3.8) is 0 Å². The van der Waals surface area contributed by atoms with Crippen molar-refractivity contribution in [2.75, 3.05) is 32.8 Å². The summed E-state index contributed by atoms with van der Waals surface area (Å²) >= 11 is 0. The Morgan fingerprint density at radius 2 is 2.00 bits per heavy atom. The molecule has 1 N–H and O–H groups in total. The Morgan fingerprint density at radius 3 is 2.55 bits per heavy atom. The van der Waals surface area contributed by atoms with Gasteiger partial charge in [0.25, 0.3) is 0 Å². The van der Waals surface area contributed by atoms with Crippen LogP contribution in [0.3, 0.4) is 0 Å². The van der Waals surface area contributed by atoms with Gasteiger partial charge in [0.05, 0.1) is 13.7 Å². The highest BCUT2D eigenvalue weighted by molar-refractivity contribution is 5.92. The van der Waals surface area contributed by atoms with Gasteiger partial charge in [0, 0.05) is 19.0 Å². The van der Waals surface area contributed by atoms with Gasteiger partial charge in [-0.25, -0.2) is 4.79 Å². The number of rotatable bonds is 7. The zero-order valence-electron chi connectivity index (χ0n) is 11.4. The van der Waals surface area contributed by atoms with Crippen molar-refractivity contribution in [3.8, 4) is 11.8 Å². The van der Waals surface area contributed by atoms with Crippen LogP contribution in [-0.2, 0) is 14.3 Å². The van der Waals surface area contributed by atoms with E-state index >= 15 is 0 Å². The van der Waals surface area contributed by atoms with Crippen molar-refractivity contribution in [1.82, 2.24) is 0 Å². The number of anilines is 1. The van der Waals surface area contributed by atoms with Gasteiger partial charge in [-0.3, -0.25) is 0 Å². The Labute approximate surface area is 117 Å². The minimum Gasteiger partial charge on any atom is -0.491 e. The fraction of sp³-hybridized carbons (Fsp3) is 0.286. The maximum atomic E-state index is 11.2. The number of nitrogens with zero attached hydrogens (tertiary/aromatic N) is 1. The molecule has 1 aromatic carbocycles. The number of ether oxygens (including phenoxy) is 3. The van der Waals surface area contributed by atoms with Crippen molar-refractivity contribution in [1.29, 1.82) is 5.26 Å². The number of carbonyl (C=O) groups excluding carboxylic acids is 1. The average Bonchev–Trinajstić information content (AvgIpc) is 2.49. The fourth-order valence-corrected chi connectivity index (χ4v) is 1.29.